The number of hydrogen-bond acceptors (Lipinski definition) is 2. The van der Waals surface area contributed by atoms with Crippen LogP contribution in [0.2, 0.25) is 0 Å². The van der Waals surface area contributed by atoms with E-state index in [0.29, 0.717) is 0 Å². The Bertz CT molecular complexity index is 710. The van der Waals surface area contributed by atoms with Crippen LogP contribution >= 0.6 is 0 Å². The van der Waals surface area contributed by atoms with Crippen LogP contribution in [-0.4, -0.2) is 13.2 Å². The van der Waals surface area contributed by atoms with Crippen LogP contribution < -0.4 is 10.2 Å². The molecule has 3 aromatic carbocycles. The van der Waals surface area contributed by atoms with Gasteiger partial charge in [0.1, 0.15) is 0 Å². The first-order valence-corrected chi connectivity index (χ1v) is 8.69. The maximum Gasteiger partial charge on any atom is 4.00 e. The van der Waals surface area contributed by atoms with Gasteiger partial charge in [-0.2, -0.15) is 6.08 Å². The Morgan fingerprint density at radius 1 is 0.889 bits per heavy atom. The summed E-state index contributed by atoms with van der Waals surface area (Å²) in [6.45, 7) is 9.14. The summed E-state index contributed by atoms with van der Waals surface area (Å²) in [6.07, 6.45) is 10.0. The monoisotopic (exact) mass is 528 g/mol. The molecule has 140 valence electrons. The molecule has 0 unspecified atom stereocenters. The summed E-state index contributed by atoms with van der Waals surface area (Å²) in [6, 6.07) is 19.3. The second-order valence-corrected chi connectivity index (χ2v) is 4.90. The molecule has 0 heterocycles. The van der Waals surface area contributed by atoms with E-state index in [1.54, 1.807) is 13.8 Å². The van der Waals surface area contributed by atoms with E-state index in [2.05, 4.69) is 79.9 Å². The maximum atomic E-state index is 8.93. The summed E-state index contributed by atoms with van der Waals surface area (Å²) in [5.41, 5.74) is 0. The zero-order valence-electron chi connectivity index (χ0n) is 16.3. The fraction of sp³-hybridized carbons (Fsp3) is 0.208. The standard InChI is InChI=1S/C13H9.C5H5.2C2H5O.C2H4.Hf/c1-3-7-12-10(5-1)9-11-6-2-4-8-13(11)12;1-2-4-5-3-1;2*1-2-3;1-2;/h1-9H;1-3H,4H2;2*2H2,1H3;1-2H2;/q4*-1;;+4. The maximum absolute atomic E-state index is 8.93. The molecule has 0 aromatic heterocycles. The normalized spacial score (nSPS) is 10.1. The summed E-state index contributed by atoms with van der Waals surface area (Å²) in [4.78, 5) is 0. The van der Waals surface area contributed by atoms with Gasteiger partial charge >= 0.3 is 25.8 Å². The van der Waals surface area contributed by atoms with E-state index in [0.717, 1.165) is 6.42 Å². The molecule has 1 aliphatic carbocycles. The van der Waals surface area contributed by atoms with Crippen LogP contribution in [0.15, 0.2) is 86.0 Å². The van der Waals surface area contributed by atoms with E-state index < -0.39 is 0 Å². The van der Waals surface area contributed by atoms with Crippen molar-refractivity contribution in [3.05, 3.63) is 92.1 Å². The largest absolute Gasteiger partial charge is 4.00 e. The molecular formula is C24H28HfO2. The van der Waals surface area contributed by atoms with Gasteiger partial charge < -0.3 is 10.2 Å². The van der Waals surface area contributed by atoms with Gasteiger partial charge in [-0.1, -0.05) is 50.2 Å². The first-order chi connectivity index (χ1) is 12.8. The van der Waals surface area contributed by atoms with Gasteiger partial charge in [0, 0.05) is 0 Å². The predicted molar refractivity (Wildman–Crippen MR) is 111 cm³/mol. The number of hydrogen-bond donors (Lipinski definition) is 0. The van der Waals surface area contributed by atoms with Crippen LogP contribution in [0.4, 0.5) is 0 Å². The van der Waals surface area contributed by atoms with Crippen molar-refractivity contribution in [1.29, 1.82) is 0 Å². The quantitative estimate of drug-likeness (QED) is 0.245. The topological polar surface area (TPSA) is 46.1 Å². The van der Waals surface area contributed by atoms with Crippen molar-refractivity contribution in [1.82, 2.24) is 0 Å². The summed E-state index contributed by atoms with van der Waals surface area (Å²) < 4.78 is 0. The predicted octanol–water partition coefficient (Wildman–Crippen LogP) is 4.55. The molecule has 2 nitrogen and oxygen atoms in total. The molecular weight excluding hydrogens is 499 g/mol. The third kappa shape index (κ3) is 10.9. The summed E-state index contributed by atoms with van der Waals surface area (Å²) in [5, 5.41) is 23.3. The zero-order valence-corrected chi connectivity index (χ0v) is 19.9. The van der Waals surface area contributed by atoms with Crippen molar-refractivity contribution >= 4 is 21.5 Å². The summed E-state index contributed by atoms with van der Waals surface area (Å²) in [5.74, 6) is 0. The molecule has 0 spiro atoms. The SMILES string of the molecule is C=C.CC[O-].CC[O-].[C-]1=CC=CC1.[Hf+4].c1ccc2c(c1)[cH-]c1ccccc12. The van der Waals surface area contributed by atoms with Gasteiger partial charge in [-0.05, 0) is 0 Å². The number of benzene rings is 2. The van der Waals surface area contributed by atoms with Crippen LogP contribution in [0.1, 0.15) is 20.3 Å². The van der Waals surface area contributed by atoms with Gasteiger partial charge in [0.15, 0.2) is 0 Å². The summed E-state index contributed by atoms with van der Waals surface area (Å²) >= 11 is 0. The zero-order chi connectivity index (χ0) is 19.6. The van der Waals surface area contributed by atoms with Crippen molar-refractivity contribution in [2.24, 2.45) is 0 Å². The van der Waals surface area contributed by atoms with Crippen molar-refractivity contribution in [2.75, 3.05) is 13.2 Å². The Balaban J connectivity index is 0. The average molecular weight is 527 g/mol. The van der Waals surface area contributed by atoms with E-state index in [1.165, 1.54) is 21.5 Å². The molecule has 0 fully saturated rings. The summed E-state index contributed by atoms with van der Waals surface area (Å²) in [7, 11) is 0. The molecule has 3 aromatic rings. The minimum absolute atomic E-state index is 0. The Morgan fingerprint density at radius 3 is 1.59 bits per heavy atom. The van der Waals surface area contributed by atoms with E-state index in [9.17, 15) is 0 Å². The fourth-order valence-electron chi connectivity index (χ4n) is 2.24. The van der Waals surface area contributed by atoms with Crippen molar-refractivity contribution in [2.45, 2.75) is 20.3 Å². The van der Waals surface area contributed by atoms with Crippen LogP contribution in [0.5, 0.6) is 0 Å². The minimum Gasteiger partial charge on any atom is -0.855 e. The van der Waals surface area contributed by atoms with E-state index in [-0.39, 0.29) is 39.1 Å². The first kappa shape index (κ1) is 27.5. The Labute approximate surface area is 182 Å². The number of allylic oxidation sites excluding steroid dienone is 4. The van der Waals surface area contributed by atoms with Crippen LogP contribution in [-0.2, 0) is 25.8 Å². The van der Waals surface area contributed by atoms with Crippen LogP contribution in [0.25, 0.3) is 21.5 Å². The smallest absolute Gasteiger partial charge is 0.855 e. The molecule has 0 N–H and O–H groups in total. The molecule has 0 aliphatic heterocycles. The van der Waals surface area contributed by atoms with Gasteiger partial charge in [-0.25, -0.2) is 12.2 Å². The second kappa shape index (κ2) is 19.1. The first-order valence-electron chi connectivity index (χ1n) is 8.69. The van der Waals surface area contributed by atoms with Gasteiger partial charge in [0.25, 0.3) is 0 Å². The third-order valence-corrected chi connectivity index (χ3v) is 3.11. The molecule has 0 amide bonds. The fourth-order valence-corrected chi connectivity index (χ4v) is 2.24. The van der Waals surface area contributed by atoms with Crippen molar-refractivity contribution in [3.8, 4) is 0 Å². The second-order valence-electron chi connectivity index (χ2n) is 4.90. The van der Waals surface area contributed by atoms with Crippen LogP contribution in [0.3, 0.4) is 0 Å². The molecule has 3 heteroatoms. The van der Waals surface area contributed by atoms with Gasteiger partial charge in [-0.15, -0.1) is 72.5 Å². The molecule has 0 radical (unpaired) electrons. The van der Waals surface area contributed by atoms with Gasteiger partial charge in [0.05, 0.1) is 0 Å². The molecule has 1 aliphatic rings. The number of fused-ring (bicyclic) bond motifs is 3. The molecule has 0 saturated heterocycles. The molecule has 0 saturated carbocycles. The van der Waals surface area contributed by atoms with Gasteiger partial charge in [-0.3, -0.25) is 6.08 Å². The van der Waals surface area contributed by atoms with Crippen molar-refractivity contribution < 1.29 is 36.1 Å². The van der Waals surface area contributed by atoms with E-state index in [1.807, 2.05) is 12.2 Å². The Hall–Kier alpha value is -1.68. The molecule has 0 bridgehead atoms. The Kier molecular flexibility index (Phi) is 19.5. The minimum atomic E-state index is 0. The van der Waals surface area contributed by atoms with Crippen LogP contribution in [0, 0.1) is 6.08 Å². The third-order valence-electron chi connectivity index (χ3n) is 3.11. The molecule has 4 rings (SSSR count). The van der Waals surface area contributed by atoms with Crippen molar-refractivity contribution in [3.63, 3.8) is 0 Å². The van der Waals surface area contributed by atoms with E-state index in [4.69, 9.17) is 10.2 Å². The Morgan fingerprint density at radius 2 is 1.30 bits per heavy atom. The average Bonchev–Trinajstić information content (AvgIpc) is 3.36. The van der Waals surface area contributed by atoms with Gasteiger partial charge in [0.2, 0.25) is 0 Å². The number of rotatable bonds is 0. The molecule has 27 heavy (non-hydrogen) atoms. The molecule has 0 atom stereocenters. The van der Waals surface area contributed by atoms with E-state index >= 15 is 0 Å².